The van der Waals surface area contributed by atoms with Crippen LogP contribution >= 0.6 is 7.82 Å². The molecule has 0 saturated heterocycles. The van der Waals surface area contributed by atoms with Crippen molar-refractivity contribution in [1.82, 2.24) is 0 Å². The molecule has 0 radical (unpaired) electrons. The molecule has 0 fully saturated rings. The summed E-state index contributed by atoms with van der Waals surface area (Å²) in [5, 5.41) is 2.17. The standard InChI is InChI=1S/C22H26NO5P/c1-23(2,28-29(24,25)26-3)21(19-11-5-4-6-12-19)16-17-27-22-15-9-13-18-10-7-8-14-20(18)22/h4-15,21H,16-17H2,1-3H3/p+1/t21-/m0/s1. The van der Waals surface area contributed by atoms with Crippen LogP contribution in [0.15, 0.2) is 72.8 Å². The molecule has 0 bridgehead atoms. The highest BCUT2D eigenvalue weighted by molar-refractivity contribution is 7.47. The third-order valence-corrected chi connectivity index (χ3v) is 5.97. The Kier molecular flexibility index (Phi) is 6.73. The van der Waals surface area contributed by atoms with Crippen molar-refractivity contribution in [3.63, 3.8) is 0 Å². The average Bonchev–Trinajstić information content (AvgIpc) is 2.71. The lowest BCUT2D eigenvalue weighted by molar-refractivity contribution is -1.08. The highest BCUT2D eigenvalue weighted by Gasteiger charge is 2.39. The topological polar surface area (TPSA) is 65.0 Å². The average molecular weight is 416 g/mol. The number of hydrogen-bond acceptors (Lipinski definition) is 4. The molecular weight excluding hydrogens is 389 g/mol. The molecule has 6 nitrogen and oxygen atoms in total. The van der Waals surface area contributed by atoms with Crippen molar-refractivity contribution in [2.75, 3.05) is 27.8 Å². The zero-order chi connectivity index (χ0) is 20.9. The van der Waals surface area contributed by atoms with Crippen LogP contribution in [0, 0.1) is 0 Å². The Balaban J connectivity index is 1.79. The molecule has 0 aliphatic carbocycles. The summed E-state index contributed by atoms with van der Waals surface area (Å²) in [6.45, 7) is 0.418. The van der Waals surface area contributed by atoms with Crippen LogP contribution in [0.1, 0.15) is 18.0 Å². The van der Waals surface area contributed by atoms with Gasteiger partial charge in [-0.3, -0.25) is 9.42 Å². The number of rotatable bonds is 9. The number of hydrogen-bond donors (Lipinski definition) is 1. The SMILES string of the molecule is COP(=O)(O)O[N+](C)(C)[C@@H](CCOc1cccc2ccccc12)c1ccccc1. The van der Waals surface area contributed by atoms with Gasteiger partial charge in [0.25, 0.3) is 0 Å². The van der Waals surface area contributed by atoms with Gasteiger partial charge in [-0.15, -0.1) is 0 Å². The summed E-state index contributed by atoms with van der Waals surface area (Å²) in [4.78, 5) is 9.84. The molecule has 7 heteroatoms. The molecule has 154 valence electrons. The lowest BCUT2D eigenvalue weighted by Gasteiger charge is -2.35. The van der Waals surface area contributed by atoms with Gasteiger partial charge in [-0.25, -0.2) is 4.57 Å². The first-order valence-corrected chi connectivity index (χ1v) is 10.9. The minimum atomic E-state index is -4.16. The minimum absolute atomic E-state index is 0.176. The molecule has 0 heterocycles. The predicted molar refractivity (Wildman–Crippen MR) is 113 cm³/mol. The maximum absolute atomic E-state index is 12.0. The molecule has 1 N–H and O–H groups in total. The van der Waals surface area contributed by atoms with E-state index in [1.807, 2.05) is 72.8 Å². The Morgan fingerprint density at radius 2 is 1.62 bits per heavy atom. The number of phosphoric ester groups is 1. The first-order valence-electron chi connectivity index (χ1n) is 9.41. The monoisotopic (exact) mass is 416 g/mol. The van der Waals surface area contributed by atoms with E-state index in [1.54, 1.807) is 14.1 Å². The van der Waals surface area contributed by atoms with Crippen molar-refractivity contribution in [3.05, 3.63) is 78.4 Å². The van der Waals surface area contributed by atoms with Crippen LogP contribution in [0.3, 0.4) is 0 Å². The summed E-state index contributed by atoms with van der Waals surface area (Å²) in [5.74, 6) is 0.811. The summed E-state index contributed by atoms with van der Waals surface area (Å²) in [6, 6.07) is 23.5. The Labute approximate surface area is 171 Å². The fourth-order valence-corrected chi connectivity index (χ4v) is 4.18. The first kappa shape index (κ1) is 21.5. The van der Waals surface area contributed by atoms with E-state index >= 15 is 0 Å². The molecule has 0 saturated carbocycles. The molecule has 0 spiro atoms. The third kappa shape index (κ3) is 5.44. The highest BCUT2D eigenvalue weighted by Crippen LogP contribution is 2.47. The van der Waals surface area contributed by atoms with E-state index in [0.29, 0.717) is 13.0 Å². The second-order valence-corrected chi connectivity index (χ2v) is 8.67. The van der Waals surface area contributed by atoms with E-state index in [2.05, 4.69) is 4.52 Å². The van der Waals surface area contributed by atoms with Crippen LogP contribution in [-0.2, 0) is 13.7 Å². The lowest BCUT2D eigenvalue weighted by atomic mass is 10.0. The van der Waals surface area contributed by atoms with E-state index < -0.39 is 7.82 Å². The molecule has 0 aromatic heterocycles. The van der Waals surface area contributed by atoms with Gasteiger partial charge in [0, 0.05) is 24.5 Å². The van der Waals surface area contributed by atoms with E-state index in [0.717, 1.165) is 29.2 Å². The number of quaternary nitrogens is 1. The Hall–Kier alpha value is -2.21. The normalized spacial score (nSPS) is 15.0. The van der Waals surface area contributed by atoms with E-state index in [-0.39, 0.29) is 10.7 Å². The third-order valence-electron chi connectivity index (χ3n) is 4.88. The molecule has 2 atom stereocenters. The summed E-state index contributed by atoms with van der Waals surface area (Å²) < 4.78 is 28.0. The van der Waals surface area contributed by atoms with Crippen LogP contribution in [0.5, 0.6) is 5.75 Å². The van der Waals surface area contributed by atoms with Gasteiger partial charge in [-0.1, -0.05) is 71.4 Å². The summed E-state index contributed by atoms with van der Waals surface area (Å²) >= 11 is 0. The van der Waals surface area contributed by atoms with E-state index in [4.69, 9.17) is 9.36 Å². The second kappa shape index (κ2) is 9.08. The number of hydroxylamine groups is 3. The fraction of sp³-hybridized carbons (Fsp3) is 0.273. The van der Waals surface area contributed by atoms with Gasteiger partial charge in [0.05, 0.1) is 20.7 Å². The molecule has 0 aliphatic heterocycles. The number of benzene rings is 3. The van der Waals surface area contributed by atoms with Gasteiger partial charge in [0.1, 0.15) is 11.8 Å². The Bertz CT molecular complexity index is 987. The Morgan fingerprint density at radius 3 is 2.34 bits per heavy atom. The van der Waals surface area contributed by atoms with Crippen LogP contribution in [0.4, 0.5) is 0 Å². The second-order valence-electron chi connectivity index (χ2n) is 7.21. The van der Waals surface area contributed by atoms with Crippen molar-refractivity contribution in [2.24, 2.45) is 0 Å². The highest BCUT2D eigenvalue weighted by atomic mass is 31.2. The molecule has 0 amide bonds. The van der Waals surface area contributed by atoms with Crippen molar-refractivity contribution in [2.45, 2.75) is 12.5 Å². The summed E-state index contributed by atoms with van der Waals surface area (Å²) in [6.07, 6.45) is 0.573. The Morgan fingerprint density at radius 1 is 0.966 bits per heavy atom. The van der Waals surface area contributed by atoms with Gasteiger partial charge < -0.3 is 4.74 Å². The number of nitrogens with zero attached hydrogens (tertiary/aromatic N) is 1. The maximum atomic E-state index is 12.0. The van der Waals surface area contributed by atoms with Crippen molar-refractivity contribution < 1.29 is 28.0 Å². The van der Waals surface area contributed by atoms with Gasteiger partial charge >= 0.3 is 7.82 Å². The molecule has 0 aliphatic rings. The van der Waals surface area contributed by atoms with Crippen LogP contribution in [0.25, 0.3) is 10.8 Å². The smallest absolute Gasteiger partial charge is 0.493 e. The fourth-order valence-electron chi connectivity index (χ4n) is 3.47. The largest absolute Gasteiger partial charge is 0.518 e. The lowest BCUT2D eigenvalue weighted by Crippen LogP contribution is -2.43. The van der Waals surface area contributed by atoms with E-state index in [1.165, 1.54) is 0 Å². The van der Waals surface area contributed by atoms with Gasteiger partial charge in [-0.05, 0) is 11.5 Å². The number of phosphoric acid groups is 1. The van der Waals surface area contributed by atoms with Gasteiger partial charge in [-0.2, -0.15) is 4.65 Å². The van der Waals surface area contributed by atoms with E-state index in [9.17, 15) is 9.46 Å². The number of fused-ring (bicyclic) bond motifs is 1. The molecule has 3 aromatic rings. The molecule has 1 unspecified atom stereocenters. The zero-order valence-corrected chi connectivity index (χ0v) is 17.8. The molecular formula is C22H27NO5P+. The minimum Gasteiger partial charge on any atom is -0.493 e. The summed E-state index contributed by atoms with van der Waals surface area (Å²) in [7, 11) is 0.461. The zero-order valence-electron chi connectivity index (χ0n) is 16.9. The van der Waals surface area contributed by atoms with Crippen LogP contribution < -0.4 is 4.74 Å². The van der Waals surface area contributed by atoms with Crippen LogP contribution in [-0.4, -0.2) is 37.4 Å². The maximum Gasteiger partial charge on any atom is 0.518 e. The molecule has 3 rings (SSSR count). The van der Waals surface area contributed by atoms with Crippen molar-refractivity contribution in [3.8, 4) is 5.75 Å². The van der Waals surface area contributed by atoms with Crippen LogP contribution in [0.2, 0.25) is 0 Å². The van der Waals surface area contributed by atoms with Gasteiger partial charge in [0.2, 0.25) is 0 Å². The van der Waals surface area contributed by atoms with Crippen molar-refractivity contribution in [1.29, 1.82) is 0 Å². The van der Waals surface area contributed by atoms with Gasteiger partial charge in [0.15, 0.2) is 0 Å². The predicted octanol–water partition coefficient (Wildman–Crippen LogP) is 5.10. The van der Waals surface area contributed by atoms with Crippen molar-refractivity contribution >= 4 is 18.6 Å². The summed E-state index contributed by atoms with van der Waals surface area (Å²) in [5.41, 5.74) is 0.982. The first-order chi connectivity index (χ1) is 13.8. The quantitative estimate of drug-likeness (QED) is 0.299. The molecule has 3 aromatic carbocycles. The molecule has 29 heavy (non-hydrogen) atoms. The number of ether oxygens (including phenoxy) is 1.